The summed E-state index contributed by atoms with van der Waals surface area (Å²) in [5.41, 5.74) is 0.763. The van der Waals surface area contributed by atoms with Crippen LogP contribution in [0, 0.1) is 11.8 Å². The van der Waals surface area contributed by atoms with E-state index in [9.17, 15) is 14.4 Å². The molecule has 4 nitrogen and oxygen atoms in total. The number of methoxy groups -OCH3 is 1. The van der Waals surface area contributed by atoms with Gasteiger partial charge < -0.3 is 4.74 Å². The van der Waals surface area contributed by atoms with Gasteiger partial charge in [-0.25, -0.2) is 0 Å². The highest BCUT2D eigenvalue weighted by atomic mass is 16.5. The van der Waals surface area contributed by atoms with E-state index in [-0.39, 0.29) is 17.7 Å². The number of ketones is 2. The molecule has 0 aliphatic heterocycles. The molecule has 2 rings (SSSR count). The second-order valence-electron chi connectivity index (χ2n) is 7.23. The van der Waals surface area contributed by atoms with Gasteiger partial charge in [0.05, 0.1) is 7.11 Å². The van der Waals surface area contributed by atoms with Crippen LogP contribution in [0.5, 0.6) is 0 Å². The third-order valence-electron chi connectivity index (χ3n) is 5.46. The Kier molecular flexibility index (Phi) is 8.52. The first-order valence-electron chi connectivity index (χ1n) is 9.79. The minimum Gasteiger partial charge on any atom is -0.469 e. The molecule has 0 radical (unpaired) electrons. The number of hydrogen-bond acceptors (Lipinski definition) is 4. The molecule has 0 heterocycles. The molecule has 0 N–H and O–H groups in total. The van der Waals surface area contributed by atoms with Crippen LogP contribution in [0.1, 0.15) is 74.6 Å². The molecule has 1 aliphatic rings. The molecule has 1 aromatic rings. The van der Waals surface area contributed by atoms with Gasteiger partial charge in [-0.15, -0.1) is 0 Å². The van der Waals surface area contributed by atoms with E-state index < -0.39 is 0 Å². The van der Waals surface area contributed by atoms with Gasteiger partial charge in [0.1, 0.15) is 5.78 Å². The van der Waals surface area contributed by atoms with Crippen LogP contribution < -0.4 is 0 Å². The van der Waals surface area contributed by atoms with E-state index in [0.717, 1.165) is 50.5 Å². The van der Waals surface area contributed by atoms with Gasteiger partial charge in [0.2, 0.25) is 0 Å². The third-order valence-corrected chi connectivity index (χ3v) is 5.46. The number of carbonyl (C=O) groups is 3. The Bertz CT molecular complexity index is 593. The Balaban J connectivity index is 1.69. The number of Topliss-reactive ketones (excluding diaryl/α,β-unsaturated/α-hetero) is 2. The van der Waals surface area contributed by atoms with Crippen molar-refractivity contribution in [2.45, 2.75) is 64.2 Å². The van der Waals surface area contributed by atoms with Crippen LogP contribution >= 0.6 is 0 Å². The molecule has 1 saturated carbocycles. The molecule has 1 fully saturated rings. The highest BCUT2D eigenvalue weighted by Crippen LogP contribution is 2.36. The maximum absolute atomic E-state index is 12.3. The van der Waals surface area contributed by atoms with E-state index in [1.54, 1.807) is 0 Å². The van der Waals surface area contributed by atoms with Gasteiger partial charge in [-0.3, -0.25) is 14.4 Å². The standard InChI is InChI=1S/C22H30O4/c1-26-22(25)12-8-3-2-7-11-19-17(14-16-21(19)24)13-15-20(23)18-9-5-4-6-10-18/h4-6,9-10,17,19H,2-3,7-8,11-16H2,1H3/t17-,19+/m0/s1. The summed E-state index contributed by atoms with van der Waals surface area (Å²) >= 11 is 0. The smallest absolute Gasteiger partial charge is 0.305 e. The fraction of sp³-hybridized carbons (Fsp3) is 0.591. The number of rotatable bonds is 11. The molecule has 1 aromatic carbocycles. The van der Waals surface area contributed by atoms with Crippen molar-refractivity contribution >= 4 is 17.5 Å². The fourth-order valence-electron chi connectivity index (χ4n) is 3.89. The molecule has 1 aliphatic carbocycles. The summed E-state index contributed by atoms with van der Waals surface area (Å²) in [6, 6.07) is 9.39. The maximum atomic E-state index is 12.3. The molecular weight excluding hydrogens is 328 g/mol. The van der Waals surface area contributed by atoms with E-state index in [4.69, 9.17) is 0 Å². The first-order valence-corrected chi connectivity index (χ1v) is 9.79. The average Bonchev–Trinajstić information content (AvgIpc) is 3.02. The normalized spacial score (nSPS) is 19.5. The van der Waals surface area contributed by atoms with Crippen molar-refractivity contribution in [3.63, 3.8) is 0 Å². The van der Waals surface area contributed by atoms with Crippen molar-refractivity contribution in [3.05, 3.63) is 35.9 Å². The van der Waals surface area contributed by atoms with Gasteiger partial charge in [-0.1, -0.05) is 49.6 Å². The largest absolute Gasteiger partial charge is 0.469 e. The first-order chi connectivity index (χ1) is 12.6. The van der Waals surface area contributed by atoms with Crippen LogP contribution in [-0.4, -0.2) is 24.6 Å². The molecule has 0 unspecified atom stereocenters. The molecule has 2 atom stereocenters. The van der Waals surface area contributed by atoms with Crippen molar-refractivity contribution in [3.8, 4) is 0 Å². The van der Waals surface area contributed by atoms with Gasteiger partial charge in [-0.2, -0.15) is 0 Å². The van der Waals surface area contributed by atoms with Crippen LogP contribution in [0.15, 0.2) is 30.3 Å². The maximum Gasteiger partial charge on any atom is 0.305 e. The van der Waals surface area contributed by atoms with E-state index in [2.05, 4.69) is 4.74 Å². The molecule has 0 saturated heterocycles. The minimum absolute atomic E-state index is 0.124. The Morgan fingerprint density at radius 3 is 2.46 bits per heavy atom. The zero-order valence-corrected chi connectivity index (χ0v) is 15.7. The van der Waals surface area contributed by atoms with E-state index in [1.165, 1.54) is 7.11 Å². The van der Waals surface area contributed by atoms with Crippen molar-refractivity contribution < 1.29 is 19.1 Å². The quantitative estimate of drug-likeness (QED) is 0.325. The predicted molar refractivity (Wildman–Crippen MR) is 101 cm³/mol. The molecule has 0 aromatic heterocycles. The lowest BCUT2D eigenvalue weighted by molar-refractivity contribution is -0.140. The summed E-state index contributed by atoms with van der Waals surface area (Å²) in [5.74, 6) is 0.867. The van der Waals surface area contributed by atoms with Gasteiger partial charge in [0, 0.05) is 30.7 Å². The molecular formula is C22H30O4. The second-order valence-corrected chi connectivity index (χ2v) is 7.23. The summed E-state index contributed by atoms with van der Waals surface area (Å²) < 4.78 is 4.63. The minimum atomic E-state index is -0.154. The van der Waals surface area contributed by atoms with Crippen LogP contribution in [0.2, 0.25) is 0 Å². The van der Waals surface area contributed by atoms with E-state index >= 15 is 0 Å². The highest BCUT2D eigenvalue weighted by molar-refractivity contribution is 5.96. The number of benzene rings is 1. The van der Waals surface area contributed by atoms with Gasteiger partial charge >= 0.3 is 5.97 Å². The Morgan fingerprint density at radius 1 is 1.00 bits per heavy atom. The fourth-order valence-corrected chi connectivity index (χ4v) is 3.89. The number of carbonyl (C=O) groups excluding carboxylic acids is 3. The Labute approximate surface area is 156 Å². The summed E-state index contributed by atoms with van der Waals surface area (Å²) in [4.78, 5) is 35.6. The molecule has 4 heteroatoms. The summed E-state index contributed by atoms with van der Waals surface area (Å²) in [5, 5.41) is 0. The van der Waals surface area contributed by atoms with Crippen LogP contribution in [0.25, 0.3) is 0 Å². The number of esters is 1. The average molecular weight is 358 g/mol. The summed E-state index contributed by atoms with van der Waals surface area (Å²) in [6.07, 6.45) is 8.21. The molecule has 142 valence electrons. The van der Waals surface area contributed by atoms with Crippen LogP contribution in [-0.2, 0) is 14.3 Å². The molecule has 0 amide bonds. The number of ether oxygens (including phenoxy) is 1. The Hall–Kier alpha value is -1.97. The van der Waals surface area contributed by atoms with Crippen molar-refractivity contribution in [2.24, 2.45) is 11.8 Å². The van der Waals surface area contributed by atoms with Crippen molar-refractivity contribution in [1.82, 2.24) is 0 Å². The topological polar surface area (TPSA) is 60.4 Å². The molecule has 26 heavy (non-hydrogen) atoms. The van der Waals surface area contributed by atoms with E-state index in [0.29, 0.717) is 31.0 Å². The molecule has 0 bridgehead atoms. The number of unbranched alkanes of at least 4 members (excludes halogenated alkanes) is 3. The van der Waals surface area contributed by atoms with Crippen LogP contribution in [0.4, 0.5) is 0 Å². The van der Waals surface area contributed by atoms with Crippen LogP contribution in [0.3, 0.4) is 0 Å². The second kappa shape index (κ2) is 10.9. The van der Waals surface area contributed by atoms with Gasteiger partial charge in [-0.05, 0) is 31.6 Å². The predicted octanol–water partition coefficient (Wildman–Crippen LogP) is 4.76. The van der Waals surface area contributed by atoms with Gasteiger partial charge in [0.15, 0.2) is 5.78 Å². The zero-order valence-electron chi connectivity index (χ0n) is 15.7. The van der Waals surface area contributed by atoms with E-state index in [1.807, 2.05) is 30.3 Å². The first kappa shape index (κ1) is 20.3. The summed E-state index contributed by atoms with van der Waals surface area (Å²) in [6.45, 7) is 0. The number of hydrogen-bond donors (Lipinski definition) is 0. The SMILES string of the molecule is COC(=O)CCCCCC[C@H]1C(=O)CC[C@@H]1CCC(=O)c1ccccc1. The van der Waals surface area contributed by atoms with Crippen molar-refractivity contribution in [2.75, 3.05) is 7.11 Å². The molecule has 0 spiro atoms. The lowest BCUT2D eigenvalue weighted by Gasteiger charge is -2.18. The third kappa shape index (κ3) is 6.40. The monoisotopic (exact) mass is 358 g/mol. The lowest BCUT2D eigenvalue weighted by atomic mass is 9.86. The van der Waals surface area contributed by atoms with Gasteiger partial charge in [0.25, 0.3) is 0 Å². The summed E-state index contributed by atoms with van der Waals surface area (Å²) in [7, 11) is 1.41. The Morgan fingerprint density at radius 2 is 1.73 bits per heavy atom. The van der Waals surface area contributed by atoms with Crippen molar-refractivity contribution in [1.29, 1.82) is 0 Å². The zero-order chi connectivity index (χ0) is 18.8. The highest BCUT2D eigenvalue weighted by Gasteiger charge is 2.33. The lowest BCUT2D eigenvalue weighted by Crippen LogP contribution is -2.16.